The molecule has 0 spiro atoms. The Bertz CT molecular complexity index is 1900. The number of ether oxygens (including phenoxy) is 4. The van der Waals surface area contributed by atoms with E-state index in [-0.39, 0.29) is 25.7 Å². The Labute approximate surface area is 594 Å². The number of carbonyl (C=O) groups excluding carboxylic acids is 4. The van der Waals surface area contributed by atoms with Crippen molar-refractivity contribution in [1.82, 2.24) is 0 Å². The summed E-state index contributed by atoms with van der Waals surface area (Å²) in [6.07, 6.45) is 52.9. The number of carbonyl (C=O) groups is 4. The van der Waals surface area contributed by atoms with E-state index < -0.39 is 97.5 Å². The van der Waals surface area contributed by atoms with Crippen LogP contribution in [-0.2, 0) is 65.4 Å². The molecule has 0 aliphatic carbocycles. The number of phosphoric acid groups is 2. The van der Waals surface area contributed by atoms with Gasteiger partial charge in [0.2, 0.25) is 0 Å². The third-order valence-electron chi connectivity index (χ3n) is 18.1. The Morgan fingerprint density at radius 2 is 0.433 bits per heavy atom. The molecule has 0 saturated carbocycles. The van der Waals surface area contributed by atoms with Gasteiger partial charge >= 0.3 is 39.5 Å². The van der Waals surface area contributed by atoms with Gasteiger partial charge in [0.1, 0.15) is 19.3 Å². The minimum atomic E-state index is -4.96. The smallest absolute Gasteiger partial charge is 0.462 e. The monoisotopic (exact) mass is 1420 g/mol. The summed E-state index contributed by atoms with van der Waals surface area (Å²) in [4.78, 5) is 72.9. The van der Waals surface area contributed by atoms with Crippen LogP contribution in [0.15, 0.2) is 0 Å². The number of aliphatic hydroxyl groups is 1. The van der Waals surface area contributed by atoms with Gasteiger partial charge in [-0.1, -0.05) is 344 Å². The summed E-state index contributed by atoms with van der Waals surface area (Å²) < 4.78 is 68.6. The molecule has 97 heavy (non-hydrogen) atoms. The fourth-order valence-corrected chi connectivity index (χ4v) is 13.5. The first-order valence-corrected chi connectivity index (χ1v) is 43.2. The molecule has 576 valence electrons. The molecule has 0 aromatic heterocycles. The second-order valence-electron chi connectivity index (χ2n) is 30.0. The quantitative estimate of drug-likeness (QED) is 0.0222. The molecule has 0 fully saturated rings. The highest BCUT2D eigenvalue weighted by molar-refractivity contribution is 7.47. The van der Waals surface area contributed by atoms with Crippen LogP contribution in [0.25, 0.3) is 0 Å². The van der Waals surface area contributed by atoms with Crippen molar-refractivity contribution in [3.05, 3.63) is 0 Å². The molecule has 0 aliphatic heterocycles. The van der Waals surface area contributed by atoms with Gasteiger partial charge in [-0.15, -0.1) is 0 Å². The van der Waals surface area contributed by atoms with Crippen molar-refractivity contribution in [3.63, 3.8) is 0 Å². The van der Waals surface area contributed by atoms with Crippen LogP contribution in [0.4, 0.5) is 0 Å². The summed E-state index contributed by atoms with van der Waals surface area (Å²) in [5, 5.41) is 10.6. The average molecular weight is 1420 g/mol. The molecule has 0 bridgehead atoms. The van der Waals surface area contributed by atoms with Crippen LogP contribution in [0.1, 0.15) is 396 Å². The number of rotatable bonds is 75. The van der Waals surface area contributed by atoms with Gasteiger partial charge in [0.15, 0.2) is 12.2 Å². The van der Waals surface area contributed by atoms with Gasteiger partial charge in [0, 0.05) is 25.7 Å². The molecule has 0 amide bonds. The summed E-state index contributed by atoms with van der Waals surface area (Å²) in [6, 6.07) is 0. The zero-order valence-corrected chi connectivity index (χ0v) is 65.5. The van der Waals surface area contributed by atoms with Gasteiger partial charge in [-0.3, -0.25) is 37.3 Å². The highest BCUT2D eigenvalue weighted by atomic mass is 31.2. The molecule has 17 nitrogen and oxygen atoms in total. The Balaban J connectivity index is 5.21. The van der Waals surface area contributed by atoms with Crippen LogP contribution in [0.2, 0.25) is 0 Å². The SMILES string of the molecule is CC(C)CCCCCCCCCCCCCCCCCC(=O)O[C@H](COC(=O)CCCCCCCCC(C)C)COP(=O)(O)OCC(O)COP(=O)(O)OC[C@@H](COC(=O)CCCCCCCCCCCCCCCCC(C)C)OC(=O)CCCCCCCCCCCCC(C)C. The molecule has 0 aromatic rings. The third kappa shape index (κ3) is 72.2. The number of aliphatic hydroxyl groups excluding tert-OH is 1. The summed E-state index contributed by atoms with van der Waals surface area (Å²) in [6.45, 7) is 14.2. The first-order valence-electron chi connectivity index (χ1n) is 40.2. The predicted octanol–water partition coefficient (Wildman–Crippen LogP) is 22.8. The van der Waals surface area contributed by atoms with E-state index in [1.807, 2.05) is 0 Å². The maximum atomic E-state index is 13.1. The first kappa shape index (κ1) is 95.1. The van der Waals surface area contributed by atoms with E-state index in [1.165, 1.54) is 193 Å². The summed E-state index contributed by atoms with van der Waals surface area (Å²) in [7, 11) is -9.92. The number of unbranched alkanes of at least 4 members (excludes halogenated alkanes) is 41. The van der Waals surface area contributed by atoms with Crippen LogP contribution in [0.5, 0.6) is 0 Å². The molecule has 0 aliphatic rings. The number of esters is 4. The predicted molar refractivity (Wildman–Crippen MR) is 395 cm³/mol. The summed E-state index contributed by atoms with van der Waals surface area (Å²) >= 11 is 0. The topological polar surface area (TPSA) is 237 Å². The van der Waals surface area contributed by atoms with Gasteiger partial charge in [-0.2, -0.15) is 0 Å². The molecule has 0 heterocycles. The van der Waals surface area contributed by atoms with Crippen molar-refractivity contribution in [2.45, 2.75) is 414 Å². The molecule has 3 N–H and O–H groups in total. The van der Waals surface area contributed by atoms with Crippen LogP contribution in [0.3, 0.4) is 0 Å². The minimum absolute atomic E-state index is 0.106. The Morgan fingerprint density at radius 3 is 0.639 bits per heavy atom. The fourth-order valence-electron chi connectivity index (χ4n) is 11.9. The molecular weight excluding hydrogens is 1270 g/mol. The van der Waals surface area contributed by atoms with E-state index in [0.717, 1.165) is 114 Å². The van der Waals surface area contributed by atoms with Gasteiger partial charge in [0.05, 0.1) is 26.4 Å². The van der Waals surface area contributed by atoms with Crippen LogP contribution in [0, 0.1) is 23.7 Å². The zero-order chi connectivity index (χ0) is 71.7. The molecule has 3 unspecified atom stereocenters. The molecule has 5 atom stereocenters. The van der Waals surface area contributed by atoms with Crippen molar-refractivity contribution in [3.8, 4) is 0 Å². The molecule has 0 saturated heterocycles. The minimum Gasteiger partial charge on any atom is -0.462 e. The Kier molecular flexibility index (Phi) is 65.9. The highest BCUT2D eigenvalue weighted by Crippen LogP contribution is 2.45. The van der Waals surface area contributed by atoms with Gasteiger partial charge in [0.25, 0.3) is 0 Å². The van der Waals surface area contributed by atoms with Crippen LogP contribution < -0.4 is 0 Å². The lowest BCUT2D eigenvalue weighted by Gasteiger charge is -2.21. The maximum Gasteiger partial charge on any atom is 0.472 e. The maximum absolute atomic E-state index is 13.1. The fraction of sp³-hybridized carbons (Fsp3) is 0.949. The lowest BCUT2D eigenvalue weighted by Crippen LogP contribution is -2.30. The van der Waals surface area contributed by atoms with Crippen molar-refractivity contribution >= 4 is 39.5 Å². The molecule has 0 radical (unpaired) electrons. The highest BCUT2D eigenvalue weighted by Gasteiger charge is 2.30. The molecule has 0 rings (SSSR count). The molecule has 19 heteroatoms. The van der Waals surface area contributed by atoms with Crippen LogP contribution >= 0.6 is 15.6 Å². The number of hydrogen-bond acceptors (Lipinski definition) is 15. The van der Waals surface area contributed by atoms with E-state index in [2.05, 4.69) is 55.4 Å². The van der Waals surface area contributed by atoms with E-state index in [0.29, 0.717) is 31.6 Å². The van der Waals surface area contributed by atoms with Gasteiger partial charge in [-0.25, -0.2) is 9.13 Å². The largest absolute Gasteiger partial charge is 0.472 e. The van der Waals surface area contributed by atoms with E-state index in [4.69, 9.17) is 37.0 Å². The molecular formula is C78H152O17P2. The van der Waals surface area contributed by atoms with Crippen LogP contribution in [-0.4, -0.2) is 96.7 Å². The van der Waals surface area contributed by atoms with Gasteiger partial charge < -0.3 is 33.8 Å². The lowest BCUT2D eigenvalue weighted by molar-refractivity contribution is -0.161. The molecule has 0 aromatic carbocycles. The number of phosphoric ester groups is 2. The lowest BCUT2D eigenvalue weighted by atomic mass is 10.0. The van der Waals surface area contributed by atoms with E-state index in [1.54, 1.807) is 0 Å². The van der Waals surface area contributed by atoms with E-state index >= 15 is 0 Å². The average Bonchev–Trinajstić information content (AvgIpc) is 1.46. The first-order chi connectivity index (χ1) is 46.6. The normalized spacial score (nSPS) is 14.1. The van der Waals surface area contributed by atoms with Crippen molar-refractivity contribution in [2.24, 2.45) is 23.7 Å². The number of hydrogen-bond donors (Lipinski definition) is 3. The van der Waals surface area contributed by atoms with Crippen molar-refractivity contribution in [2.75, 3.05) is 39.6 Å². The second kappa shape index (κ2) is 67.2. The standard InChI is InChI=1S/C78H152O17P2/c1-68(2)54-46-38-30-24-18-14-10-9-11-17-21-28-34-44-52-60-77(82)95-74(65-89-76(81)59-51-43-37-36-41-49-57-71(7)8)67-93-97(86,87)91-63-72(79)62-90-96(84,85)92-66-73(94-78(83)61-53-45-35-29-23-22-26-32-40-48-56-70(5)6)64-88-75(80)58-50-42-33-27-20-16-13-12-15-19-25-31-39-47-55-69(3)4/h68-74,79H,9-67H2,1-8H3,(H,84,85)(H,86,87)/t72?,73-,74-/m1/s1. The van der Waals surface area contributed by atoms with Gasteiger partial charge in [-0.05, 0) is 49.4 Å². The Hall–Kier alpha value is -1.94. The zero-order valence-electron chi connectivity index (χ0n) is 63.7. The van der Waals surface area contributed by atoms with Crippen molar-refractivity contribution in [1.29, 1.82) is 0 Å². The summed E-state index contributed by atoms with van der Waals surface area (Å²) in [5.41, 5.74) is 0. The third-order valence-corrected chi connectivity index (χ3v) is 20.0. The summed E-state index contributed by atoms with van der Waals surface area (Å²) in [5.74, 6) is 0.913. The van der Waals surface area contributed by atoms with Crippen molar-refractivity contribution < 1.29 is 80.2 Å². The Morgan fingerprint density at radius 1 is 0.258 bits per heavy atom. The van der Waals surface area contributed by atoms with E-state index in [9.17, 15) is 43.2 Å². The second-order valence-corrected chi connectivity index (χ2v) is 32.9.